The maximum Gasteiger partial charge on any atom is 0.242 e. The van der Waals surface area contributed by atoms with Gasteiger partial charge in [0.25, 0.3) is 0 Å². The molecule has 3 aromatic rings. The summed E-state index contributed by atoms with van der Waals surface area (Å²) in [7, 11) is 5.43. The molecule has 3 aromatic carbocycles. The predicted molar refractivity (Wildman–Crippen MR) is 167 cm³/mol. The van der Waals surface area contributed by atoms with E-state index in [2.05, 4.69) is 22.2 Å². The summed E-state index contributed by atoms with van der Waals surface area (Å²) >= 11 is 6.18. The third-order valence-electron chi connectivity index (χ3n) is 7.65. The summed E-state index contributed by atoms with van der Waals surface area (Å²) in [6.07, 6.45) is 0. The van der Waals surface area contributed by atoms with Crippen LogP contribution >= 0.6 is 11.6 Å². The van der Waals surface area contributed by atoms with E-state index in [1.54, 1.807) is 38.4 Å². The number of rotatable bonds is 8. The number of hydrogen-bond donors (Lipinski definition) is 1. The van der Waals surface area contributed by atoms with Gasteiger partial charge in [0.1, 0.15) is 12.5 Å². The van der Waals surface area contributed by atoms with Gasteiger partial charge < -0.3 is 20.0 Å². The molecule has 1 saturated heterocycles. The first-order chi connectivity index (χ1) is 20.2. The lowest BCUT2D eigenvalue weighted by atomic mass is 9.90. The summed E-state index contributed by atoms with van der Waals surface area (Å²) in [5.41, 5.74) is 4.15. The van der Waals surface area contributed by atoms with Gasteiger partial charge in [-0.15, -0.1) is 0 Å². The molecule has 0 spiro atoms. The lowest BCUT2D eigenvalue weighted by Gasteiger charge is -2.33. The number of anilines is 2. The van der Waals surface area contributed by atoms with Crippen molar-refractivity contribution in [2.24, 2.45) is 4.99 Å². The van der Waals surface area contributed by atoms with Gasteiger partial charge in [-0.3, -0.25) is 24.3 Å². The molecule has 0 bridgehead atoms. The molecule has 5 rings (SSSR count). The topological polar surface area (TPSA) is 88.6 Å². The van der Waals surface area contributed by atoms with Gasteiger partial charge in [0, 0.05) is 56.7 Å². The zero-order chi connectivity index (χ0) is 29.8. The third kappa shape index (κ3) is 6.70. The number of benzene rings is 3. The van der Waals surface area contributed by atoms with E-state index in [1.165, 1.54) is 9.80 Å². The van der Waals surface area contributed by atoms with E-state index >= 15 is 0 Å². The third-order valence-corrected chi connectivity index (χ3v) is 7.88. The molecule has 1 atom stereocenters. The fourth-order valence-electron chi connectivity index (χ4n) is 5.14. The van der Waals surface area contributed by atoms with Crippen molar-refractivity contribution in [1.82, 2.24) is 14.7 Å². The van der Waals surface area contributed by atoms with Crippen molar-refractivity contribution in [3.8, 4) is 0 Å². The van der Waals surface area contributed by atoms with Crippen LogP contribution < -0.4 is 10.2 Å². The Hall–Kier alpha value is -4.05. The summed E-state index contributed by atoms with van der Waals surface area (Å²) in [5.74, 6) is -1.08. The van der Waals surface area contributed by atoms with Crippen LogP contribution in [0, 0.1) is 0 Å². The van der Waals surface area contributed by atoms with E-state index in [0.29, 0.717) is 27.8 Å². The van der Waals surface area contributed by atoms with Crippen molar-refractivity contribution in [3.63, 3.8) is 0 Å². The summed E-state index contributed by atoms with van der Waals surface area (Å²) < 4.78 is 0. The number of carbonyl (C=O) groups excluding carboxylic acids is 3. The Bertz CT molecular complexity index is 1480. The van der Waals surface area contributed by atoms with Crippen LogP contribution in [0.3, 0.4) is 0 Å². The van der Waals surface area contributed by atoms with E-state index in [4.69, 9.17) is 16.6 Å². The number of nitrogens with zero attached hydrogens (tertiary/aromatic N) is 5. The number of fused-ring (bicyclic) bond motifs is 1. The quantitative estimate of drug-likeness (QED) is 0.405. The number of likely N-dealkylation sites (N-methyl/N-ethyl adjacent to an activating group) is 2. The van der Waals surface area contributed by atoms with Gasteiger partial charge in [-0.25, -0.2) is 0 Å². The lowest BCUT2D eigenvalue weighted by molar-refractivity contribution is -0.129. The van der Waals surface area contributed by atoms with Crippen LogP contribution in [0.4, 0.5) is 17.1 Å². The highest BCUT2D eigenvalue weighted by Gasteiger charge is 2.35. The molecule has 3 amide bonds. The Labute approximate surface area is 251 Å². The molecule has 2 aliphatic heterocycles. The summed E-state index contributed by atoms with van der Waals surface area (Å²) in [6, 6.07) is 22.2. The number of piperazine rings is 1. The molecule has 2 heterocycles. The second kappa shape index (κ2) is 12.9. The zero-order valence-electron chi connectivity index (χ0n) is 24.1. The molecule has 42 heavy (non-hydrogen) atoms. The molecule has 9 nitrogen and oxygen atoms in total. The minimum Gasteiger partial charge on any atom is -0.347 e. The first-order valence-electron chi connectivity index (χ1n) is 14.0. The van der Waals surface area contributed by atoms with Crippen molar-refractivity contribution in [2.45, 2.75) is 5.92 Å². The standard InChI is InChI=1S/C32H35ClN6O3/c1-36(2)28(40)21-39(29(41)20-38-17-15-37(3)16-18-38)25-12-10-24(11-13-25)34-31(22-7-5-4-6-8-22)30-26-14-9-23(33)19-27(26)35-32(30)42/h4-14,19,30H,15-18,20-21H2,1-3H3,(H,35,42). The number of amides is 3. The highest BCUT2D eigenvalue weighted by Crippen LogP contribution is 2.38. The lowest BCUT2D eigenvalue weighted by Crippen LogP contribution is -2.50. The van der Waals surface area contributed by atoms with Crippen molar-refractivity contribution < 1.29 is 14.4 Å². The highest BCUT2D eigenvalue weighted by atomic mass is 35.5. The maximum atomic E-state index is 13.5. The van der Waals surface area contributed by atoms with Crippen molar-refractivity contribution in [1.29, 1.82) is 0 Å². The van der Waals surface area contributed by atoms with Gasteiger partial charge >= 0.3 is 0 Å². The fourth-order valence-corrected chi connectivity index (χ4v) is 5.31. The average molecular weight is 587 g/mol. The molecular weight excluding hydrogens is 552 g/mol. The number of nitrogens with one attached hydrogen (secondary N) is 1. The van der Waals surface area contributed by atoms with Crippen LogP contribution in [0.15, 0.2) is 77.8 Å². The van der Waals surface area contributed by atoms with Crippen LogP contribution in [0.5, 0.6) is 0 Å². The molecule has 1 unspecified atom stereocenters. The van der Waals surface area contributed by atoms with E-state index in [1.807, 2.05) is 48.5 Å². The van der Waals surface area contributed by atoms with Gasteiger partial charge in [0.05, 0.1) is 17.9 Å². The molecule has 0 aliphatic carbocycles. The molecule has 218 valence electrons. The number of halogens is 1. The van der Waals surface area contributed by atoms with Gasteiger partial charge in [0.15, 0.2) is 0 Å². The minimum atomic E-state index is -0.612. The molecule has 0 saturated carbocycles. The van der Waals surface area contributed by atoms with Crippen LogP contribution in [-0.2, 0) is 14.4 Å². The Balaban J connectivity index is 1.45. The second-order valence-electron chi connectivity index (χ2n) is 10.9. The Morgan fingerprint density at radius 2 is 1.64 bits per heavy atom. The normalized spacial score (nSPS) is 17.5. The number of carbonyl (C=O) groups is 3. The molecular formula is C32H35ClN6O3. The van der Waals surface area contributed by atoms with Crippen molar-refractivity contribution in [2.75, 3.05) is 70.6 Å². The van der Waals surface area contributed by atoms with Gasteiger partial charge in [-0.05, 0) is 54.6 Å². The molecule has 10 heteroatoms. The van der Waals surface area contributed by atoms with Gasteiger partial charge in [0.2, 0.25) is 17.7 Å². The van der Waals surface area contributed by atoms with Gasteiger partial charge in [-0.1, -0.05) is 48.0 Å². The molecule has 2 aliphatic rings. The Kier molecular flexibility index (Phi) is 9.01. The SMILES string of the molecule is CN1CCN(CC(=O)N(CC(=O)N(C)C)c2ccc(N=C(c3ccccc3)C3C(=O)Nc4cc(Cl)ccc43)cc2)CC1. The maximum absolute atomic E-state index is 13.5. The van der Waals surface area contributed by atoms with Crippen LogP contribution in [0.25, 0.3) is 0 Å². The van der Waals surface area contributed by atoms with E-state index in [9.17, 15) is 14.4 Å². The average Bonchev–Trinajstić information content (AvgIpc) is 3.30. The Morgan fingerprint density at radius 1 is 0.952 bits per heavy atom. The van der Waals surface area contributed by atoms with Gasteiger partial charge in [-0.2, -0.15) is 0 Å². The van der Waals surface area contributed by atoms with Crippen molar-refractivity contribution in [3.05, 3.63) is 88.9 Å². The van der Waals surface area contributed by atoms with E-state index in [0.717, 1.165) is 37.3 Å². The number of hydrogen-bond acceptors (Lipinski definition) is 6. The number of aliphatic imine (C=N–C) groups is 1. The van der Waals surface area contributed by atoms with Crippen LogP contribution in [0.2, 0.25) is 5.02 Å². The smallest absolute Gasteiger partial charge is 0.242 e. The first kappa shape index (κ1) is 29.4. The summed E-state index contributed by atoms with van der Waals surface area (Å²) in [6.45, 7) is 3.59. The van der Waals surface area contributed by atoms with Crippen LogP contribution in [-0.4, -0.2) is 98.5 Å². The fraction of sp³-hybridized carbons (Fsp3) is 0.312. The first-order valence-corrected chi connectivity index (χ1v) is 14.3. The minimum absolute atomic E-state index is 0.0565. The summed E-state index contributed by atoms with van der Waals surface area (Å²) in [5, 5.41) is 3.48. The zero-order valence-corrected chi connectivity index (χ0v) is 24.8. The molecule has 1 fully saturated rings. The largest absolute Gasteiger partial charge is 0.347 e. The summed E-state index contributed by atoms with van der Waals surface area (Å²) in [4.78, 5) is 51.7. The highest BCUT2D eigenvalue weighted by molar-refractivity contribution is 6.31. The monoisotopic (exact) mass is 586 g/mol. The molecule has 0 radical (unpaired) electrons. The van der Waals surface area contributed by atoms with E-state index in [-0.39, 0.29) is 30.8 Å². The van der Waals surface area contributed by atoms with E-state index < -0.39 is 5.92 Å². The predicted octanol–water partition coefficient (Wildman–Crippen LogP) is 3.87. The Morgan fingerprint density at radius 3 is 2.31 bits per heavy atom. The van der Waals surface area contributed by atoms with Crippen LogP contribution in [0.1, 0.15) is 17.0 Å². The van der Waals surface area contributed by atoms with Crippen molar-refractivity contribution >= 4 is 52.1 Å². The second-order valence-corrected chi connectivity index (χ2v) is 11.3. The molecule has 0 aromatic heterocycles. The molecule has 1 N–H and O–H groups in total.